The highest BCUT2D eigenvalue weighted by Gasteiger charge is 2.24. The fraction of sp³-hybridized carbons (Fsp3) is 0.211. The van der Waals surface area contributed by atoms with Gasteiger partial charge in [-0.05, 0) is 96.6 Å². The molecule has 0 bridgehead atoms. The molecule has 5 aromatic rings. The highest BCUT2D eigenvalue weighted by Crippen LogP contribution is 2.31. The van der Waals surface area contributed by atoms with Crippen LogP contribution in [0.5, 0.6) is 23.1 Å². The average molecular weight is 680 g/mol. The Hall–Kier alpha value is -5.61. The van der Waals surface area contributed by atoms with E-state index in [0.29, 0.717) is 22.9 Å². The van der Waals surface area contributed by atoms with Gasteiger partial charge in [0.1, 0.15) is 22.4 Å². The summed E-state index contributed by atoms with van der Waals surface area (Å²) in [5.74, 6) is 0.758. The van der Waals surface area contributed by atoms with E-state index < -0.39 is 5.97 Å². The lowest BCUT2D eigenvalue weighted by atomic mass is 9.92. The van der Waals surface area contributed by atoms with E-state index in [-0.39, 0.29) is 46.8 Å². The number of amides is 2. The molecule has 11 heteroatoms. The summed E-state index contributed by atoms with van der Waals surface area (Å²) < 4.78 is 17.5. The number of carbonyl (C=O) groups is 3. The zero-order valence-electron chi connectivity index (χ0n) is 26.6. The molecule has 10 nitrogen and oxygen atoms in total. The van der Waals surface area contributed by atoms with Crippen molar-refractivity contribution in [3.8, 4) is 23.1 Å². The summed E-state index contributed by atoms with van der Waals surface area (Å²) in [6.07, 6.45) is 3.38. The molecule has 1 aromatic heterocycles. The normalized spacial score (nSPS) is 15.6. The van der Waals surface area contributed by atoms with E-state index in [9.17, 15) is 19.5 Å². The van der Waals surface area contributed by atoms with Crippen LogP contribution in [-0.4, -0.2) is 47.1 Å². The number of methoxy groups -OCH3 is 1. The molecule has 4 aromatic carbocycles. The molecule has 3 N–H and O–H groups in total. The summed E-state index contributed by atoms with van der Waals surface area (Å²) in [6, 6.07) is 28.4. The van der Waals surface area contributed by atoms with Gasteiger partial charge in [0.05, 0.1) is 30.9 Å². The quantitative estimate of drug-likeness (QED) is 0.121. The second-order valence-corrected chi connectivity index (χ2v) is 12.2. The summed E-state index contributed by atoms with van der Waals surface area (Å²) in [7, 11) is 1.48. The minimum absolute atomic E-state index is 0.0385. The van der Waals surface area contributed by atoms with Crippen molar-refractivity contribution in [3.05, 3.63) is 119 Å². The second-order valence-electron chi connectivity index (χ2n) is 11.8. The number of anilines is 1. The zero-order valence-corrected chi connectivity index (χ0v) is 27.4. The van der Waals surface area contributed by atoms with E-state index >= 15 is 0 Å². The summed E-state index contributed by atoms with van der Waals surface area (Å²) in [6.45, 7) is 0. The third kappa shape index (κ3) is 8.65. The molecule has 1 fully saturated rings. The van der Waals surface area contributed by atoms with Gasteiger partial charge in [0.15, 0.2) is 0 Å². The molecule has 49 heavy (non-hydrogen) atoms. The van der Waals surface area contributed by atoms with Gasteiger partial charge in [0, 0.05) is 17.7 Å². The Kier molecular flexibility index (Phi) is 10.2. The molecule has 0 atom stereocenters. The van der Waals surface area contributed by atoms with Crippen molar-refractivity contribution in [2.24, 2.45) is 0 Å². The number of carboxylic acid groups (broad SMARTS) is 1. The molecule has 1 heterocycles. The number of pyridine rings is 1. The van der Waals surface area contributed by atoms with Crippen LogP contribution in [0.4, 0.5) is 5.69 Å². The predicted molar refractivity (Wildman–Crippen MR) is 186 cm³/mol. The van der Waals surface area contributed by atoms with Gasteiger partial charge in [-0.3, -0.25) is 9.59 Å². The molecule has 0 aliphatic heterocycles. The van der Waals surface area contributed by atoms with Crippen LogP contribution in [0, 0.1) is 0 Å². The van der Waals surface area contributed by atoms with Gasteiger partial charge in [0.2, 0.25) is 11.8 Å². The minimum atomic E-state index is -1.10. The van der Waals surface area contributed by atoms with E-state index in [4.69, 9.17) is 25.8 Å². The maximum absolute atomic E-state index is 12.8. The molecule has 0 spiro atoms. The Labute approximate surface area is 288 Å². The van der Waals surface area contributed by atoms with Crippen LogP contribution in [0.2, 0.25) is 5.15 Å². The molecular weight excluding hydrogens is 646 g/mol. The summed E-state index contributed by atoms with van der Waals surface area (Å²) in [5.41, 5.74) is 1.48. The molecule has 6 rings (SSSR count). The monoisotopic (exact) mass is 679 g/mol. The van der Waals surface area contributed by atoms with Crippen LogP contribution in [-0.2, 0) is 11.2 Å². The fourth-order valence-corrected chi connectivity index (χ4v) is 6.00. The zero-order chi connectivity index (χ0) is 34.3. The first-order valence-corrected chi connectivity index (χ1v) is 16.2. The number of aromatic nitrogens is 1. The predicted octanol–water partition coefficient (Wildman–Crippen LogP) is 7.69. The second kappa shape index (κ2) is 15.1. The van der Waals surface area contributed by atoms with Crippen molar-refractivity contribution in [1.82, 2.24) is 10.3 Å². The number of hydrogen-bond donors (Lipinski definition) is 3. The smallest absolute Gasteiger partial charge is 0.337 e. The van der Waals surface area contributed by atoms with Crippen LogP contribution in [0.25, 0.3) is 10.8 Å². The summed E-state index contributed by atoms with van der Waals surface area (Å²) >= 11 is 6.02. The summed E-state index contributed by atoms with van der Waals surface area (Å²) in [4.78, 5) is 40.7. The maximum atomic E-state index is 12.8. The number of hydrogen-bond acceptors (Lipinski definition) is 7. The minimum Gasteiger partial charge on any atom is -0.490 e. The van der Waals surface area contributed by atoms with Crippen LogP contribution >= 0.6 is 11.6 Å². The first-order valence-electron chi connectivity index (χ1n) is 15.8. The van der Waals surface area contributed by atoms with Gasteiger partial charge in [-0.15, -0.1) is 0 Å². The van der Waals surface area contributed by atoms with E-state index in [2.05, 4.69) is 15.6 Å². The third-order valence-electron chi connectivity index (χ3n) is 8.29. The molecule has 0 unspecified atom stereocenters. The van der Waals surface area contributed by atoms with Crippen molar-refractivity contribution in [3.63, 3.8) is 0 Å². The highest BCUT2D eigenvalue weighted by atomic mass is 35.5. The highest BCUT2D eigenvalue weighted by molar-refractivity contribution is 6.29. The van der Waals surface area contributed by atoms with Gasteiger partial charge in [-0.2, -0.15) is 0 Å². The molecular formula is C38H34ClN3O7. The molecule has 0 saturated heterocycles. The van der Waals surface area contributed by atoms with Crippen molar-refractivity contribution in [1.29, 1.82) is 0 Å². The van der Waals surface area contributed by atoms with E-state index in [1.165, 1.54) is 19.2 Å². The van der Waals surface area contributed by atoms with Gasteiger partial charge in [-0.25, -0.2) is 9.78 Å². The first kappa shape index (κ1) is 33.3. The van der Waals surface area contributed by atoms with E-state index in [0.717, 1.165) is 47.8 Å². The number of nitrogens with zero attached hydrogens (tertiary/aromatic N) is 1. The lowest BCUT2D eigenvalue weighted by Gasteiger charge is -2.29. The number of nitrogens with one attached hydrogen (secondary N) is 2. The standard InChI is InChI=1S/C38H34ClN3O7/c1-47-36-22-26(21-34(39)42-36)37(44)40-27-10-16-29(17-11-27)49-31-15-9-24-19-30(14-8-25(24)20-31)48-28-12-6-23(7-13-28)18-35(43)41-33-5-3-2-4-32(33)38(45)46/h2-9,12-15,19-22,27,29H,10-11,16-18H2,1H3,(H,40,44)(H,41,43)(H,45,46). The maximum Gasteiger partial charge on any atom is 0.337 e. The first-order chi connectivity index (χ1) is 23.7. The molecule has 1 saturated carbocycles. The van der Waals surface area contributed by atoms with Crippen molar-refractivity contribution in [2.45, 2.75) is 44.2 Å². The Morgan fingerprint density at radius 3 is 2.22 bits per heavy atom. The number of benzene rings is 4. The Balaban J connectivity index is 0.988. The number of carboxylic acids is 1. The fourth-order valence-electron chi connectivity index (χ4n) is 5.80. The Morgan fingerprint density at radius 2 is 1.51 bits per heavy atom. The van der Waals surface area contributed by atoms with Gasteiger partial charge < -0.3 is 30.0 Å². The largest absolute Gasteiger partial charge is 0.490 e. The Morgan fingerprint density at radius 1 is 0.837 bits per heavy atom. The topological polar surface area (TPSA) is 136 Å². The number of fused-ring (bicyclic) bond motifs is 1. The van der Waals surface area contributed by atoms with Crippen LogP contribution in [0.15, 0.2) is 97.1 Å². The third-order valence-corrected chi connectivity index (χ3v) is 8.49. The molecule has 1 aliphatic carbocycles. The SMILES string of the molecule is COc1cc(C(=O)NC2CCC(Oc3ccc4cc(Oc5ccc(CC(=O)Nc6ccccc6C(=O)O)cc5)ccc4c3)CC2)cc(Cl)n1. The van der Waals surface area contributed by atoms with Crippen LogP contribution in [0.1, 0.15) is 52.0 Å². The van der Waals surface area contributed by atoms with Gasteiger partial charge in [-0.1, -0.05) is 48.0 Å². The van der Waals surface area contributed by atoms with Crippen molar-refractivity contribution in [2.75, 3.05) is 12.4 Å². The molecule has 2 amide bonds. The van der Waals surface area contributed by atoms with Crippen LogP contribution in [0.3, 0.4) is 0 Å². The van der Waals surface area contributed by atoms with Gasteiger partial charge >= 0.3 is 5.97 Å². The van der Waals surface area contributed by atoms with Gasteiger partial charge in [0.25, 0.3) is 5.91 Å². The molecule has 0 radical (unpaired) electrons. The lowest BCUT2D eigenvalue weighted by molar-refractivity contribution is -0.115. The van der Waals surface area contributed by atoms with E-state index in [1.807, 2.05) is 36.4 Å². The lowest BCUT2D eigenvalue weighted by Crippen LogP contribution is -2.39. The van der Waals surface area contributed by atoms with E-state index in [1.54, 1.807) is 48.5 Å². The summed E-state index contributed by atoms with van der Waals surface area (Å²) in [5, 5.41) is 17.3. The number of para-hydroxylation sites is 1. The number of carbonyl (C=O) groups excluding carboxylic acids is 2. The molecule has 250 valence electrons. The number of rotatable bonds is 11. The Bertz CT molecular complexity index is 1990. The number of halogens is 1. The van der Waals surface area contributed by atoms with Crippen molar-refractivity contribution < 1.29 is 33.7 Å². The van der Waals surface area contributed by atoms with Crippen LogP contribution < -0.4 is 24.8 Å². The average Bonchev–Trinajstić information content (AvgIpc) is 3.10. The number of ether oxygens (including phenoxy) is 3. The number of aromatic carboxylic acids is 1. The molecule has 1 aliphatic rings. The van der Waals surface area contributed by atoms with Crippen molar-refractivity contribution >= 4 is 45.8 Å².